The fourth-order valence-electron chi connectivity index (χ4n) is 1.94. The van der Waals surface area contributed by atoms with Crippen LogP contribution in [0.1, 0.15) is 5.69 Å². The van der Waals surface area contributed by atoms with Crippen LogP contribution in [0.5, 0.6) is 17.2 Å². The Labute approximate surface area is 129 Å². The summed E-state index contributed by atoms with van der Waals surface area (Å²) in [6.07, 6.45) is 1.61. The first-order valence-electron chi connectivity index (χ1n) is 6.70. The smallest absolute Gasteiger partial charge is 0.262 e. The Bertz CT molecular complexity index is 658. The van der Waals surface area contributed by atoms with E-state index >= 15 is 0 Å². The first-order chi connectivity index (χ1) is 10.6. The standard InChI is InChI=1S/C16H18N2O4/c1-11-16(21-3)14(7-8-17-11)18-15(19)10-22-13-6-4-5-12(9-13)20-2/h4-9H,10H2,1-3H3,(H,17,18,19). The molecule has 0 unspecified atom stereocenters. The molecule has 0 aliphatic heterocycles. The monoisotopic (exact) mass is 302 g/mol. The molecule has 6 heteroatoms. The fraction of sp³-hybridized carbons (Fsp3) is 0.250. The van der Waals surface area contributed by atoms with E-state index in [0.717, 1.165) is 0 Å². The molecule has 116 valence electrons. The van der Waals surface area contributed by atoms with Crippen molar-refractivity contribution >= 4 is 11.6 Å². The Morgan fingerprint density at radius 3 is 2.68 bits per heavy atom. The highest BCUT2D eigenvalue weighted by atomic mass is 16.5. The van der Waals surface area contributed by atoms with E-state index in [4.69, 9.17) is 14.2 Å². The summed E-state index contributed by atoms with van der Waals surface area (Å²) in [5.41, 5.74) is 1.27. The number of carbonyl (C=O) groups is 1. The summed E-state index contributed by atoms with van der Waals surface area (Å²) < 4.78 is 15.8. The Morgan fingerprint density at radius 1 is 1.18 bits per heavy atom. The summed E-state index contributed by atoms with van der Waals surface area (Å²) >= 11 is 0. The van der Waals surface area contributed by atoms with E-state index in [1.807, 2.05) is 0 Å². The number of pyridine rings is 1. The molecule has 1 amide bonds. The van der Waals surface area contributed by atoms with Crippen molar-refractivity contribution in [3.05, 3.63) is 42.2 Å². The highest BCUT2D eigenvalue weighted by molar-refractivity contribution is 5.93. The lowest BCUT2D eigenvalue weighted by molar-refractivity contribution is -0.118. The van der Waals surface area contributed by atoms with Gasteiger partial charge in [0.1, 0.15) is 11.5 Å². The summed E-state index contributed by atoms with van der Waals surface area (Å²) in [4.78, 5) is 16.1. The van der Waals surface area contributed by atoms with Crippen molar-refractivity contribution in [3.8, 4) is 17.2 Å². The van der Waals surface area contributed by atoms with Crippen LogP contribution in [0.3, 0.4) is 0 Å². The topological polar surface area (TPSA) is 69.7 Å². The summed E-state index contributed by atoms with van der Waals surface area (Å²) in [6, 6.07) is 8.74. The normalized spacial score (nSPS) is 9.95. The number of amides is 1. The summed E-state index contributed by atoms with van der Waals surface area (Å²) in [5, 5.41) is 2.74. The summed E-state index contributed by atoms with van der Waals surface area (Å²) in [6.45, 7) is 1.69. The minimum absolute atomic E-state index is 0.113. The minimum Gasteiger partial charge on any atom is -0.497 e. The van der Waals surface area contributed by atoms with Gasteiger partial charge in [0, 0.05) is 12.3 Å². The molecule has 0 saturated carbocycles. The van der Waals surface area contributed by atoms with Gasteiger partial charge in [-0.3, -0.25) is 9.78 Å². The number of methoxy groups -OCH3 is 2. The molecule has 22 heavy (non-hydrogen) atoms. The predicted octanol–water partition coefficient (Wildman–Crippen LogP) is 2.42. The number of nitrogens with zero attached hydrogens (tertiary/aromatic N) is 1. The van der Waals surface area contributed by atoms with Gasteiger partial charge in [-0.15, -0.1) is 0 Å². The molecule has 1 heterocycles. The Hall–Kier alpha value is -2.76. The van der Waals surface area contributed by atoms with Crippen LogP contribution in [0.4, 0.5) is 5.69 Å². The number of ether oxygens (including phenoxy) is 3. The van der Waals surface area contributed by atoms with Crippen LogP contribution >= 0.6 is 0 Å². The van der Waals surface area contributed by atoms with E-state index < -0.39 is 0 Å². The number of aryl methyl sites for hydroxylation is 1. The molecule has 0 atom stereocenters. The van der Waals surface area contributed by atoms with Gasteiger partial charge in [-0.2, -0.15) is 0 Å². The molecule has 0 saturated heterocycles. The van der Waals surface area contributed by atoms with Crippen molar-refractivity contribution in [2.24, 2.45) is 0 Å². The fourth-order valence-corrected chi connectivity index (χ4v) is 1.94. The number of carbonyl (C=O) groups excluding carboxylic acids is 1. The van der Waals surface area contributed by atoms with E-state index in [2.05, 4.69) is 10.3 Å². The molecule has 1 aromatic carbocycles. The number of hydrogen-bond acceptors (Lipinski definition) is 5. The lowest BCUT2D eigenvalue weighted by Crippen LogP contribution is -2.20. The number of anilines is 1. The third kappa shape index (κ3) is 3.88. The van der Waals surface area contributed by atoms with Crippen LogP contribution in [0.25, 0.3) is 0 Å². The second kappa shape index (κ2) is 7.31. The van der Waals surface area contributed by atoms with E-state index in [1.165, 1.54) is 7.11 Å². The Kier molecular flexibility index (Phi) is 5.19. The van der Waals surface area contributed by atoms with Crippen LogP contribution in [0.2, 0.25) is 0 Å². The van der Waals surface area contributed by atoms with Gasteiger partial charge in [0.15, 0.2) is 12.4 Å². The van der Waals surface area contributed by atoms with Crippen molar-refractivity contribution in [2.75, 3.05) is 26.1 Å². The van der Waals surface area contributed by atoms with E-state index in [0.29, 0.717) is 28.6 Å². The van der Waals surface area contributed by atoms with Crippen LogP contribution < -0.4 is 19.5 Å². The molecule has 0 fully saturated rings. The predicted molar refractivity (Wildman–Crippen MR) is 82.6 cm³/mol. The maximum absolute atomic E-state index is 12.0. The van der Waals surface area contributed by atoms with Crippen molar-refractivity contribution in [1.29, 1.82) is 0 Å². The van der Waals surface area contributed by atoms with Crippen molar-refractivity contribution in [1.82, 2.24) is 4.98 Å². The summed E-state index contributed by atoms with van der Waals surface area (Å²) in [7, 11) is 3.11. The minimum atomic E-state index is -0.285. The average Bonchev–Trinajstić information content (AvgIpc) is 2.53. The molecule has 0 spiro atoms. The third-order valence-corrected chi connectivity index (χ3v) is 2.97. The third-order valence-electron chi connectivity index (χ3n) is 2.97. The molecule has 2 aromatic rings. The molecule has 2 rings (SSSR count). The van der Waals surface area contributed by atoms with Crippen LogP contribution in [-0.4, -0.2) is 31.7 Å². The highest BCUT2D eigenvalue weighted by Crippen LogP contribution is 2.26. The molecule has 1 N–H and O–H groups in total. The Morgan fingerprint density at radius 2 is 1.95 bits per heavy atom. The number of benzene rings is 1. The van der Waals surface area contributed by atoms with Crippen molar-refractivity contribution in [3.63, 3.8) is 0 Å². The molecule has 1 aromatic heterocycles. The van der Waals surface area contributed by atoms with E-state index in [-0.39, 0.29) is 12.5 Å². The number of aromatic nitrogens is 1. The molecule has 6 nitrogen and oxygen atoms in total. The zero-order valence-electron chi connectivity index (χ0n) is 12.8. The highest BCUT2D eigenvalue weighted by Gasteiger charge is 2.11. The lowest BCUT2D eigenvalue weighted by Gasteiger charge is -2.12. The number of nitrogens with one attached hydrogen (secondary N) is 1. The molecule has 0 bridgehead atoms. The van der Waals surface area contributed by atoms with Gasteiger partial charge in [0.05, 0.1) is 25.6 Å². The zero-order valence-corrected chi connectivity index (χ0v) is 12.8. The van der Waals surface area contributed by atoms with Gasteiger partial charge < -0.3 is 19.5 Å². The second-order valence-corrected chi connectivity index (χ2v) is 4.49. The molecule has 0 aliphatic carbocycles. The van der Waals surface area contributed by atoms with Gasteiger partial charge in [-0.25, -0.2) is 0 Å². The van der Waals surface area contributed by atoms with E-state index in [9.17, 15) is 4.79 Å². The first kappa shape index (κ1) is 15.6. The first-order valence-corrected chi connectivity index (χ1v) is 6.70. The zero-order chi connectivity index (χ0) is 15.9. The van der Waals surface area contributed by atoms with Gasteiger partial charge >= 0.3 is 0 Å². The van der Waals surface area contributed by atoms with Gasteiger partial charge in [-0.05, 0) is 25.1 Å². The number of hydrogen-bond donors (Lipinski definition) is 1. The maximum Gasteiger partial charge on any atom is 0.262 e. The van der Waals surface area contributed by atoms with Crippen LogP contribution in [0.15, 0.2) is 36.5 Å². The maximum atomic E-state index is 12.0. The van der Waals surface area contributed by atoms with Crippen LogP contribution in [-0.2, 0) is 4.79 Å². The lowest BCUT2D eigenvalue weighted by atomic mass is 10.3. The van der Waals surface area contributed by atoms with Gasteiger partial charge in [0.25, 0.3) is 5.91 Å². The molecular weight excluding hydrogens is 284 g/mol. The van der Waals surface area contributed by atoms with E-state index in [1.54, 1.807) is 50.6 Å². The average molecular weight is 302 g/mol. The number of rotatable bonds is 6. The van der Waals surface area contributed by atoms with Crippen molar-refractivity contribution in [2.45, 2.75) is 6.92 Å². The molecule has 0 aliphatic rings. The SMILES string of the molecule is COc1cccc(OCC(=O)Nc2ccnc(C)c2OC)c1. The largest absolute Gasteiger partial charge is 0.497 e. The van der Waals surface area contributed by atoms with Gasteiger partial charge in [-0.1, -0.05) is 6.07 Å². The van der Waals surface area contributed by atoms with Gasteiger partial charge in [0.2, 0.25) is 0 Å². The molecular formula is C16H18N2O4. The molecule has 0 radical (unpaired) electrons. The van der Waals surface area contributed by atoms with Crippen LogP contribution in [0, 0.1) is 6.92 Å². The quantitative estimate of drug-likeness (QED) is 0.887. The summed E-state index contributed by atoms with van der Waals surface area (Å²) in [5.74, 6) is 1.49. The Balaban J connectivity index is 1.97. The second-order valence-electron chi connectivity index (χ2n) is 4.49. The van der Waals surface area contributed by atoms with Crippen molar-refractivity contribution < 1.29 is 19.0 Å².